The lowest BCUT2D eigenvalue weighted by Gasteiger charge is -2.15. The molecule has 9 heavy (non-hydrogen) atoms. The molecule has 2 unspecified atom stereocenters. The molecule has 3 nitrogen and oxygen atoms in total. The molecule has 0 aromatic heterocycles. The molecular weight excluding hydrogens is 116 g/mol. The van der Waals surface area contributed by atoms with Gasteiger partial charge in [0.05, 0.1) is 6.61 Å². The van der Waals surface area contributed by atoms with E-state index in [9.17, 15) is 0 Å². The van der Waals surface area contributed by atoms with Gasteiger partial charge in [-0.15, -0.1) is 0 Å². The highest BCUT2D eigenvalue weighted by molar-refractivity contribution is 4.69. The van der Waals surface area contributed by atoms with Crippen LogP contribution in [0.25, 0.3) is 0 Å². The molecule has 0 saturated heterocycles. The van der Waals surface area contributed by atoms with E-state index in [1.54, 1.807) is 0 Å². The predicted molar refractivity (Wildman–Crippen MR) is 38.2 cm³/mol. The van der Waals surface area contributed by atoms with Crippen molar-refractivity contribution in [3.05, 3.63) is 0 Å². The number of nitrogens with one attached hydrogen (secondary N) is 1. The molecule has 0 saturated carbocycles. The van der Waals surface area contributed by atoms with Crippen molar-refractivity contribution in [3.8, 4) is 0 Å². The van der Waals surface area contributed by atoms with Crippen molar-refractivity contribution in [2.24, 2.45) is 5.73 Å². The van der Waals surface area contributed by atoms with Crippen LogP contribution in [0.4, 0.5) is 0 Å². The summed E-state index contributed by atoms with van der Waals surface area (Å²) in [5.41, 5.74) is 5.53. The van der Waals surface area contributed by atoms with Crippen LogP contribution in [0, 0.1) is 0 Å². The van der Waals surface area contributed by atoms with Crippen molar-refractivity contribution < 1.29 is 5.11 Å². The third-order valence-electron chi connectivity index (χ3n) is 1.37. The van der Waals surface area contributed by atoms with E-state index < -0.39 is 0 Å². The van der Waals surface area contributed by atoms with E-state index >= 15 is 0 Å². The largest absolute Gasteiger partial charge is 0.395 e. The average Bonchev–Trinajstić information content (AvgIpc) is 1.82. The topological polar surface area (TPSA) is 58.3 Å². The van der Waals surface area contributed by atoms with Gasteiger partial charge in [-0.2, -0.15) is 0 Å². The van der Waals surface area contributed by atoms with Gasteiger partial charge in [-0.25, -0.2) is 0 Å². The molecule has 0 radical (unpaired) electrons. The van der Waals surface area contributed by atoms with Crippen LogP contribution in [-0.4, -0.2) is 30.3 Å². The fraction of sp³-hybridized carbons (Fsp3) is 1.00. The Bertz CT molecular complexity index is 66.1. The van der Waals surface area contributed by atoms with E-state index in [0.717, 1.165) is 0 Å². The van der Waals surface area contributed by atoms with Crippen molar-refractivity contribution in [2.45, 2.75) is 25.9 Å². The smallest absolute Gasteiger partial charge is 0.0556 e. The quantitative estimate of drug-likeness (QED) is 0.474. The van der Waals surface area contributed by atoms with Gasteiger partial charge >= 0.3 is 0 Å². The minimum absolute atomic E-state index is 0.150. The van der Waals surface area contributed by atoms with Crippen LogP contribution in [0.1, 0.15) is 13.8 Å². The number of hydrogen-bond acceptors (Lipinski definition) is 3. The maximum absolute atomic E-state index is 8.39. The van der Waals surface area contributed by atoms with E-state index in [2.05, 4.69) is 5.32 Å². The lowest BCUT2D eigenvalue weighted by Crippen LogP contribution is -2.41. The summed E-state index contributed by atoms with van der Waals surface area (Å²) in [5.74, 6) is 0. The lowest BCUT2D eigenvalue weighted by molar-refractivity contribution is 0.282. The third-order valence-corrected chi connectivity index (χ3v) is 1.37. The molecule has 0 aromatic rings. The molecule has 0 bridgehead atoms. The number of nitrogens with two attached hydrogens (primary N) is 1. The molecular formula is C6H16N2O. The van der Waals surface area contributed by atoms with Crippen molar-refractivity contribution in [1.29, 1.82) is 0 Å². The molecule has 2 atom stereocenters. The molecule has 0 rings (SSSR count). The Labute approximate surface area is 56.2 Å². The predicted octanol–water partition coefficient (Wildman–Crippen LogP) is -0.696. The van der Waals surface area contributed by atoms with E-state index in [1.807, 2.05) is 13.8 Å². The maximum atomic E-state index is 8.39. The molecule has 0 aliphatic rings. The van der Waals surface area contributed by atoms with Crippen LogP contribution >= 0.6 is 0 Å². The van der Waals surface area contributed by atoms with E-state index in [1.165, 1.54) is 0 Å². The van der Waals surface area contributed by atoms with Crippen LogP contribution in [-0.2, 0) is 0 Å². The van der Waals surface area contributed by atoms with E-state index in [4.69, 9.17) is 10.8 Å². The number of aliphatic hydroxyl groups is 1. The van der Waals surface area contributed by atoms with Gasteiger partial charge in [0, 0.05) is 18.6 Å². The first kappa shape index (κ1) is 8.88. The standard InChI is InChI=1S/C6H16N2O/c1-5(7)6(2)8-3-4-9/h5-6,8-9H,3-4,7H2,1-2H3. The van der Waals surface area contributed by atoms with Gasteiger partial charge in [0.15, 0.2) is 0 Å². The highest BCUT2D eigenvalue weighted by atomic mass is 16.3. The Hall–Kier alpha value is -0.120. The Morgan fingerprint density at radius 2 is 2.11 bits per heavy atom. The summed E-state index contributed by atoms with van der Waals surface area (Å²) in [6, 6.07) is 0.439. The molecule has 56 valence electrons. The molecule has 0 aromatic carbocycles. The van der Waals surface area contributed by atoms with Crippen molar-refractivity contribution in [1.82, 2.24) is 5.32 Å². The lowest BCUT2D eigenvalue weighted by atomic mass is 10.2. The Morgan fingerprint density at radius 1 is 1.56 bits per heavy atom. The van der Waals surface area contributed by atoms with Crippen LogP contribution < -0.4 is 11.1 Å². The van der Waals surface area contributed by atoms with Crippen LogP contribution in [0.2, 0.25) is 0 Å². The summed E-state index contributed by atoms with van der Waals surface area (Å²) < 4.78 is 0. The summed E-state index contributed by atoms with van der Waals surface area (Å²) in [6.07, 6.45) is 0. The zero-order chi connectivity index (χ0) is 7.28. The van der Waals surface area contributed by atoms with Gasteiger partial charge < -0.3 is 16.2 Å². The molecule has 0 spiro atoms. The van der Waals surface area contributed by atoms with Gasteiger partial charge in [-0.1, -0.05) is 0 Å². The minimum atomic E-state index is 0.150. The third kappa shape index (κ3) is 4.39. The molecule has 0 fully saturated rings. The van der Waals surface area contributed by atoms with Gasteiger partial charge in [0.25, 0.3) is 0 Å². The minimum Gasteiger partial charge on any atom is -0.395 e. The average molecular weight is 132 g/mol. The highest BCUT2D eigenvalue weighted by Crippen LogP contribution is 1.84. The summed E-state index contributed by atoms with van der Waals surface area (Å²) in [6.45, 7) is 4.75. The van der Waals surface area contributed by atoms with Gasteiger partial charge in [-0.3, -0.25) is 0 Å². The van der Waals surface area contributed by atoms with Crippen molar-refractivity contribution in [3.63, 3.8) is 0 Å². The second-order valence-electron chi connectivity index (χ2n) is 2.33. The second kappa shape index (κ2) is 4.73. The highest BCUT2D eigenvalue weighted by Gasteiger charge is 2.03. The number of hydrogen-bond donors (Lipinski definition) is 3. The normalized spacial score (nSPS) is 17.3. The Morgan fingerprint density at radius 3 is 2.44 bits per heavy atom. The summed E-state index contributed by atoms with van der Waals surface area (Å²) in [7, 11) is 0. The molecule has 4 N–H and O–H groups in total. The van der Waals surface area contributed by atoms with Crippen LogP contribution in [0.15, 0.2) is 0 Å². The molecule has 0 amide bonds. The van der Waals surface area contributed by atoms with Gasteiger partial charge in [-0.05, 0) is 13.8 Å². The summed E-state index contributed by atoms with van der Waals surface area (Å²) in [5, 5.41) is 11.5. The van der Waals surface area contributed by atoms with Crippen LogP contribution in [0.3, 0.4) is 0 Å². The first-order valence-electron chi connectivity index (χ1n) is 3.28. The number of aliphatic hydroxyl groups excluding tert-OH is 1. The second-order valence-corrected chi connectivity index (χ2v) is 2.33. The molecule has 0 aliphatic heterocycles. The Kier molecular flexibility index (Phi) is 4.67. The monoisotopic (exact) mass is 132 g/mol. The SMILES string of the molecule is CC(N)C(C)NCCO. The maximum Gasteiger partial charge on any atom is 0.0556 e. The van der Waals surface area contributed by atoms with Crippen molar-refractivity contribution in [2.75, 3.05) is 13.2 Å². The summed E-state index contributed by atoms with van der Waals surface area (Å²) >= 11 is 0. The molecule has 0 heterocycles. The zero-order valence-corrected chi connectivity index (χ0v) is 6.09. The van der Waals surface area contributed by atoms with Crippen LogP contribution in [0.5, 0.6) is 0 Å². The van der Waals surface area contributed by atoms with Gasteiger partial charge in [0.1, 0.15) is 0 Å². The molecule has 0 aliphatic carbocycles. The first-order valence-corrected chi connectivity index (χ1v) is 3.28. The zero-order valence-electron chi connectivity index (χ0n) is 6.09. The number of rotatable bonds is 4. The van der Waals surface area contributed by atoms with E-state index in [-0.39, 0.29) is 18.7 Å². The van der Waals surface area contributed by atoms with Crippen molar-refractivity contribution >= 4 is 0 Å². The van der Waals surface area contributed by atoms with Gasteiger partial charge in [0.2, 0.25) is 0 Å². The van der Waals surface area contributed by atoms with E-state index in [0.29, 0.717) is 6.54 Å². The Balaban J connectivity index is 3.16. The fourth-order valence-electron chi connectivity index (χ4n) is 0.478. The summed E-state index contributed by atoms with van der Waals surface area (Å²) in [4.78, 5) is 0. The first-order chi connectivity index (χ1) is 4.18. The molecule has 3 heteroatoms. The fourth-order valence-corrected chi connectivity index (χ4v) is 0.478.